The molecule has 0 saturated heterocycles. The Morgan fingerprint density at radius 2 is 1.77 bits per heavy atom. The minimum absolute atomic E-state index is 0.168. The lowest BCUT2D eigenvalue weighted by atomic mass is 9.95. The van der Waals surface area contributed by atoms with Gasteiger partial charge in [-0.05, 0) is 36.6 Å². The van der Waals surface area contributed by atoms with E-state index in [1.54, 1.807) is 30.2 Å². The summed E-state index contributed by atoms with van der Waals surface area (Å²) in [7, 11) is 0. The molecular weight excluding hydrogens is 347 g/mol. The number of halogens is 1. The first-order valence-electron chi connectivity index (χ1n) is 9.04. The summed E-state index contributed by atoms with van der Waals surface area (Å²) in [5, 5.41) is 9.78. The molecule has 4 rings (SSSR count). The van der Waals surface area contributed by atoms with E-state index in [0.29, 0.717) is 17.4 Å². The highest BCUT2D eigenvalue weighted by Crippen LogP contribution is 2.36. The van der Waals surface area contributed by atoms with Gasteiger partial charge in [0.05, 0.1) is 0 Å². The first kappa shape index (κ1) is 17.2. The molecule has 2 aromatic heterocycles. The van der Waals surface area contributed by atoms with Crippen LogP contribution in [0.4, 0.5) is 4.39 Å². The Balaban J connectivity index is 1.65. The third-order valence-corrected chi connectivity index (χ3v) is 5.85. The van der Waals surface area contributed by atoms with E-state index >= 15 is 0 Å². The highest BCUT2D eigenvalue weighted by molar-refractivity contribution is 7.98. The Morgan fingerprint density at radius 1 is 1.00 bits per heavy atom. The van der Waals surface area contributed by atoms with Crippen molar-refractivity contribution in [3.63, 3.8) is 0 Å². The number of pyridine rings is 1. The number of rotatable bonds is 5. The highest BCUT2D eigenvalue weighted by atomic mass is 32.2. The van der Waals surface area contributed by atoms with Crippen LogP contribution in [-0.4, -0.2) is 19.7 Å². The van der Waals surface area contributed by atoms with Gasteiger partial charge in [-0.25, -0.2) is 4.39 Å². The molecule has 3 aromatic rings. The highest BCUT2D eigenvalue weighted by Gasteiger charge is 2.24. The molecule has 1 saturated carbocycles. The Hall–Kier alpha value is -2.21. The second kappa shape index (κ2) is 7.99. The quantitative estimate of drug-likeness (QED) is 0.575. The zero-order chi connectivity index (χ0) is 17.8. The number of aromatic nitrogens is 4. The third kappa shape index (κ3) is 3.65. The molecule has 0 bridgehead atoms. The average Bonchev–Trinajstić information content (AvgIpc) is 3.13. The molecule has 1 aliphatic rings. The molecule has 6 heteroatoms. The van der Waals surface area contributed by atoms with Gasteiger partial charge in [-0.3, -0.25) is 9.55 Å². The molecule has 1 aromatic carbocycles. The minimum atomic E-state index is -0.168. The van der Waals surface area contributed by atoms with E-state index in [4.69, 9.17) is 0 Å². The third-order valence-electron chi connectivity index (χ3n) is 4.86. The summed E-state index contributed by atoms with van der Waals surface area (Å²) in [5.41, 5.74) is 1.72. The van der Waals surface area contributed by atoms with Crippen molar-refractivity contribution >= 4 is 11.8 Å². The number of thioether (sulfide) groups is 1. The summed E-state index contributed by atoms with van der Waals surface area (Å²) < 4.78 is 16.2. The first-order chi connectivity index (χ1) is 12.8. The van der Waals surface area contributed by atoms with Gasteiger partial charge in [0, 0.05) is 29.8 Å². The number of nitrogens with zero attached hydrogens (tertiary/aromatic N) is 4. The summed E-state index contributed by atoms with van der Waals surface area (Å²) in [4.78, 5) is 4.10. The Labute approximate surface area is 156 Å². The molecule has 4 nitrogen and oxygen atoms in total. The van der Waals surface area contributed by atoms with Gasteiger partial charge >= 0.3 is 0 Å². The van der Waals surface area contributed by atoms with E-state index in [-0.39, 0.29) is 5.82 Å². The molecule has 134 valence electrons. The van der Waals surface area contributed by atoms with Crippen LogP contribution in [0.25, 0.3) is 11.4 Å². The zero-order valence-electron chi connectivity index (χ0n) is 14.5. The Morgan fingerprint density at radius 3 is 2.54 bits per heavy atom. The lowest BCUT2D eigenvalue weighted by Gasteiger charge is -2.25. The van der Waals surface area contributed by atoms with Gasteiger partial charge in [-0.1, -0.05) is 49.2 Å². The summed E-state index contributed by atoms with van der Waals surface area (Å²) in [5.74, 6) is 1.27. The summed E-state index contributed by atoms with van der Waals surface area (Å²) in [6, 6.07) is 11.3. The van der Waals surface area contributed by atoms with Crippen molar-refractivity contribution in [1.29, 1.82) is 0 Å². The fourth-order valence-corrected chi connectivity index (χ4v) is 4.49. The van der Waals surface area contributed by atoms with Crippen molar-refractivity contribution in [3.8, 4) is 11.4 Å². The number of hydrogen-bond donors (Lipinski definition) is 0. The fraction of sp³-hybridized carbons (Fsp3) is 0.350. The molecule has 0 aliphatic heterocycles. The monoisotopic (exact) mass is 368 g/mol. The molecule has 1 fully saturated rings. The van der Waals surface area contributed by atoms with Crippen LogP contribution >= 0.6 is 11.8 Å². The van der Waals surface area contributed by atoms with Gasteiger partial charge in [0.15, 0.2) is 11.0 Å². The Bertz CT molecular complexity index is 859. The van der Waals surface area contributed by atoms with Crippen molar-refractivity contribution in [2.24, 2.45) is 0 Å². The van der Waals surface area contributed by atoms with Crippen molar-refractivity contribution < 1.29 is 4.39 Å². The normalized spacial score (nSPS) is 15.3. The van der Waals surface area contributed by atoms with Crippen LogP contribution in [0.1, 0.15) is 43.7 Å². The van der Waals surface area contributed by atoms with Crippen LogP contribution in [0.5, 0.6) is 0 Å². The van der Waals surface area contributed by atoms with Crippen LogP contribution in [0.2, 0.25) is 0 Å². The van der Waals surface area contributed by atoms with Crippen molar-refractivity contribution in [2.45, 2.75) is 49.1 Å². The van der Waals surface area contributed by atoms with E-state index in [1.165, 1.54) is 25.3 Å². The summed E-state index contributed by atoms with van der Waals surface area (Å²) in [6.07, 6.45) is 9.60. The lowest BCUT2D eigenvalue weighted by molar-refractivity contribution is 0.339. The first-order valence-corrected chi connectivity index (χ1v) is 10.0. The standard InChI is InChI=1S/C20H21FN4S/c21-18-9-5-4-6-16(18)14-26-20-24-23-19(15-10-12-22-13-11-15)25(20)17-7-2-1-3-8-17/h4-6,9-13,17H,1-3,7-8,14H2. The topological polar surface area (TPSA) is 43.6 Å². The molecule has 0 unspecified atom stereocenters. The second-order valence-corrected chi connectivity index (χ2v) is 7.53. The van der Waals surface area contributed by atoms with Crippen LogP contribution in [0.3, 0.4) is 0 Å². The van der Waals surface area contributed by atoms with Crippen LogP contribution in [-0.2, 0) is 5.75 Å². The van der Waals surface area contributed by atoms with E-state index < -0.39 is 0 Å². The van der Waals surface area contributed by atoms with Crippen molar-refractivity contribution in [2.75, 3.05) is 0 Å². The predicted octanol–water partition coefficient (Wildman–Crippen LogP) is 5.28. The van der Waals surface area contributed by atoms with Crippen molar-refractivity contribution in [3.05, 3.63) is 60.2 Å². The fourth-order valence-electron chi connectivity index (χ4n) is 3.50. The summed E-state index contributed by atoms with van der Waals surface area (Å²) in [6.45, 7) is 0. The molecule has 1 aliphatic carbocycles. The van der Waals surface area contributed by atoms with Crippen LogP contribution in [0, 0.1) is 5.82 Å². The molecule has 0 amide bonds. The van der Waals surface area contributed by atoms with Crippen molar-refractivity contribution in [1.82, 2.24) is 19.7 Å². The largest absolute Gasteiger partial charge is 0.299 e. The second-order valence-electron chi connectivity index (χ2n) is 6.58. The van der Waals surface area contributed by atoms with Gasteiger partial charge < -0.3 is 0 Å². The molecule has 0 N–H and O–H groups in total. The zero-order valence-corrected chi connectivity index (χ0v) is 15.3. The van der Waals surface area contributed by atoms with Gasteiger partial charge in [0.1, 0.15) is 5.82 Å². The molecule has 2 heterocycles. The molecule has 0 spiro atoms. The maximum atomic E-state index is 14.0. The maximum absolute atomic E-state index is 14.0. The van der Waals surface area contributed by atoms with E-state index in [2.05, 4.69) is 19.7 Å². The van der Waals surface area contributed by atoms with Gasteiger partial charge in [0.2, 0.25) is 0 Å². The molecule has 0 radical (unpaired) electrons. The minimum Gasteiger partial charge on any atom is -0.299 e. The molecular formula is C20H21FN4S. The van der Waals surface area contributed by atoms with Gasteiger partial charge in [0.25, 0.3) is 0 Å². The van der Waals surface area contributed by atoms with Crippen LogP contribution in [0.15, 0.2) is 53.9 Å². The SMILES string of the molecule is Fc1ccccc1CSc1nnc(-c2ccncc2)n1C1CCCCC1. The summed E-state index contributed by atoms with van der Waals surface area (Å²) >= 11 is 1.56. The molecule has 26 heavy (non-hydrogen) atoms. The predicted molar refractivity (Wildman–Crippen MR) is 101 cm³/mol. The van der Waals surface area contributed by atoms with E-state index in [0.717, 1.165) is 29.4 Å². The number of hydrogen-bond acceptors (Lipinski definition) is 4. The average molecular weight is 368 g/mol. The van der Waals surface area contributed by atoms with E-state index in [9.17, 15) is 4.39 Å². The maximum Gasteiger partial charge on any atom is 0.192 e. The van der Waals surface area contributed by atoms with Gasteiger partial charge in [-0.2, -0.15) is 0 Å². The number of benzene rings is 1. The van der Waals surface area contributed by atoms with Crippen LogP contribution < -0.4 is 0 Å². The lowest BCUT2D eigenvalue weighted by Crippen LogP contribution is -2.15. The Kier molecular flexibility index (Phi) is 5.29. The van der Waals surface area contributed by atoms with Gasteiger partial charge in [-0.15, -0.1) is 10.2 Å². The van der Waals surface area contributed by atoms with E-state index in [1.807, 2.05) is 24.3 Å². The smallest absolute Gasteiger partial charge is 0.192 e. The molecule has 0 atom stereocenters.